The number of nitrogens with zero attached hydrogens (tertiary/aromatic N) is 2. The normalized spacial score (nSPS) is 17.1. The molecule has 4 heteroatoms. The van der Waals surface area contributed by atoms with Crippen molar-refractivity contribution in [2.75, 3.05) is 19.6 Å². The van der Waals surface area contributed by atoms with Gasteiger partial charge in [-0.1, -0.05) is 42.5 Å². The van der Waals surface area contributed by atoms with E-state index in [2.05, 4.69) is 16.3 Å². The van der Waals surface area contributed by atoms with Gasteiger partial charge in [0, 0.05) is 19.1 Å². The lowest BCUT2D eigenvalue weighted by Crippen LogP contribution is -2.43. The van der Waals surface area contributed by atoms with Crippen molar-refractivity contribution < 1.29 is 5.11 Å². The van der Waals surface area contributed by atoms with Crippen LogP contribution in [0.15, 0.2) is 54.6 Å². The van der Waals surface area contributed by atoms with E-state index in [4.69, 9.17) is 5.26 Å². The molecule has 1 aliphatic heterocycles. The van der Waals surface area contributed by atoms with E-state index in [1.54, 1.807) is 0 Å². The van der Waals surface area contributed by atoms with Gasteiger partial charge in [0.15, 0.2) is 0 Å². The third-order valence-corrected chi connectivity index (χ3v) is 4.86. The Labute approximate surface area is 149 Å². The number of nitrogens with one attached hydrogen (secondary N) is 1. The molecule has 25 heavy (non-hydrogen) atoms. The van der Waals surface area contributed by atoms with Gasteiger partial charge in [-0.25, -0.2) is 0 Å². The van der Waals surface area contributed by atoms with Crippen molar-refractivity contribution in [1.29, 1.82) is 5.26 Å². The van der Waals surface area contributed by atoms with Gasteiger partial charge < -0.3 is 10.4 Å². The van der Waals surface area contributed by atoms with Gasteiger partial charge in [0.1, 0.15) is 0 Å². The number of aliphatic hydroxyl groups excluding tert-OH is 1. The molecule has 2 aromatic carbocycles. The van der Waals surface area contributed by atoms with Crippen LogP contribution in [-0.2, 0) is 6.54 Å². The monoisotopic (exact) mass is 335 g/mol. The van der Waals surface area contributed by atoms with E-state index in [1.165, 1.54) is 5.56 Å². The molecule has 4 nitrogen and oxygen atoms in total. The Bertz CT molecular complexity index is 685. The van der Waals surface area contributed by atoms with Crippen LogP contribution in [0, 0.1) is 11.3 Å². The van der Waals surface area contributed by atoms with E-state index in [-0.39, 0.29) is 0 Å². The quantitative estimate of drug-likeness (QED) is 0.852. The van der Waals surface area contributed by atoms with Gasteiger partial charge in [-0.3, -0.25) is 4.90 Å². The summed E-state index contributed by atoms with van der Waals surface area (Å²) < 4.78 is 0. The lowest BCUT2D eigenvalue weighted by Gasteiger charge is -2.33. The summed E-state index contributed by atoms with van der Waals surface area (Å²) in [5.41, 5.74) is 2.93. The fraction of sp³-hybridized carbons (Fsp3) is 0.381. The summed E-state index contributed by atoms with van der Waals surface area (Å²) >= 11 is 0. The molecular weight excluding hydrogens is 310 g/mol. The van der Waals surface area contributed by atoms with Crippen LogP contribution >= 0.6 is 0 Å². The molecule has 0 bridgehead atoms. The van der Waals surface area contributed by atoms with Crippen molar-refractivity contribution in [2.24, 2.45) is 0 Å². The molecule has 1 aliphatic rings. The molecule has 0 aromatic heterocycles. The van der Waals surface area contributed by atoms with E-state index in [1.807, 2.05) is 54.6 Å². The molecule has 1 atom stereocenters. The molecule has 0 saturated carbocycles. The predicted octanol–water partition coefficient (Wildman–Crippen LogP) is 2.85. The maximum atomic E-state index is 10.2. The zero-order valence-corrected chi connectivity index (χ0v) is 14.4. The lowest BCUT2D eigenvalue weighted by molar-refractivity contribution is 0.149. The standard InChI is InChI=1S/C21H25N3O/c22-14-17-6-8-18(9-7-17)16-24-12-10-20(11-13-24)23-15-21(25)19-4-2-1-3-5-19/h1-9,20-21,23,25H,10-13,15-16H2. The van der Waals surface area contributed by atoms with Crippen molar-refractivity contribution in [3.8, 4) is 6.07 Å². The van der Waals surface area contributed by atoms with Crippen molar-refractivity contribution in [2.45, 2.75) is 31.5 Å². The Kier molecular flexibility index (Phi) is 6.19. The highest BCUT2D eigenvalue weighted by Crippen LogP contribution is 2.16. The Morgan fingerprint density at radius 1 is 1.08 bits per heavy atom. The minimum absolute atomic E-state index is 0.446. The van der Waals surface area contributed by atoms with Crippen molar-refractivity contribution in [3.05, 3.63) is 71.3 Å². The van der Waals surface area contributed by atoms with Crippen LogP contribution in [0.25, 0.3) is 0 Å². The lowest BCUT2D eigenvalue weighted by atomic mass is 10.0. The van der Waals surface area contributed by atoms with Gasteiger partial charge >= 0.3 is 0 Å². The molecule has 1 heterocycles. The highest BCUT2D eigenvalue weighted by atomic mass is 16.3. The Hall–Kier alpha value is -2.19. The van der Waals surface area contributed by atoms with Gasteiger partial charge in [0.05, 0.1) is 17.7 Å². The summed E-state index contributed by atoms with van der Waals surface area (Å²) in [6.45, 7) is 3.65. The number of benzene rings is 2. The maximum Gasteiger partial charge on any atom is 0.0991 e. The Morgan fingerprint density at radius 3 is 2.40 bits per heavy atom. The third-order valence-electron chi connectivity index (χ3n) is 4.86. The van der Waals surface area contributed by atoms with E-state index in [0.717, 1.165) is 38.0 Å². The van der Waals surface area contributed by atoms with E-state index in [0.29, 0.717) is 18.2 Å². The minimum Gasteiger partial charge on any atom is -0.387 e. The van der Waals surface area contributed by atoms with Gasteiger partial charge in [-0.15, -0.1) is 0 Å². The summed E-state index contributed by atoms with van der Waals surface area (Å²) in [5, 5.41) is 22.6. The molecule has 130 valence electrons. The number of nitriles is 1. The molecular formula is C21H25N3O. The first-order chi connectivity index (χ1) is 12.2. The summed E-state index contributed by atoms with van der Waals surface area (Å²) in [4.78, 5) is 2.45. The molecule has 1 unspecified atom stereocenters. The summed E-state index contributed by atoms with van der Waals surface area (Å²) in [7, 11) is 0. The van der Waals surface area contributed by atoms with E-state index >= 15 is 0 Å². The number of likely N-dealkylation sites (tertiary alicyclic amines) is 1. The maximum absolute atomic E-state index is 10.2. The predicted molar refractivity (Wildman–Crippen MR) is 98.9 cm³/mol. The smallest absolute Gasteiger partial charge is 0.0991 e. The van der Waals surface area contributed by atoms with E-state index < -0.39 is 6.10 Å². The second-order valence-corrected chi connectivity index (χ2v) is 6.69. The fourth-order valence-electron chi connectivity index (χ4n) is 3.31. The summed E-state index contributed by atoms with van der Waals surface area (Å²) in [6, 6.07) is 20.3. The summed E-state index contributed by atoms with van der Waals surface area (Å²) in [5.74, 6) is 0. The number of piperidine rings is 1. The number of aliphatic hydroxyl groups is 1. The van der Waals surface area contributed by atoms with Crippen LogP contribution in [0.4, 0.5) is 0 Å². The van der Waals surface area contributed by atoms with Crippen LogP contribution in [0.2, 0.25) is 0 Å². The molecule has 0 aliphatic carbocycles. The topological polar surface area (TPSA) is 59.3 Å². The van der Waals surface area contributed by atoms with Crippen molar-refractivity contribution >= 4 is 0 Å². The number of hydrogen-bond donors (Lipinski definition) is 2. The Morgan fingerprint density at radius 2 is 1.76 bits per heavy atom. The zero-order chi connectivity index (χ0) is 17.5. The average molecular weight is 335 g/mol. The van der Waals surface area contributed by atoms with Crippen molar-refractivity contribution in [1.82, 2.24) is 10.2 Å². The van der Waals surface area contributed by atoms with Crippen LogP contribution < -0.4 is 5.32 Å². The largest absolute Gasteiger partial charge is 0.387 e. The second kappa shape index (κ2) is 8.77. The first-order valence-electron chi connectivity index (χ1n) is 8.92. The van der Waals surface area contributed by atoms with Gasteiger partial charge in [0.25, 0.3) is 0 Å². The van der Waals surface area contributed by atoms with E-state index in [9.17, 15) is 5.11 Å². The molecule has 0 amide bonds. The molecule has 3 rings (SSSR count). The van der Waals surface area contributed by atoms with Crippen molar-refractivity contribution in [3.63, 3.8) is 0 Å². The second-order valence-electron chi connectivity index (χ2n) is 6.69. The number of hydrogen-bond acceptors (Lipinski definition) is 4. The van der Waals surface area contributed by atoms with Gasteiger partial charge in [-0.05, 0) is 49.2 Å². The molecule has 2 aromatic rings. The zero-order valence-electron chi connectivity index (χ0n) is 14.4. The number of rotatable bonds is 6. The molecule has 0 spiro atoms. The van der Waals surface area contributed by atoms with Crippen LogP contribution in [0.1, 0.15) is 35.6 Å². The Balaban J connectivity index is 1.40. The highest BCUT2D eigenvalue weighted by molar-refractivity contribution is 5.31. The first kappa shape index (κ1) is 17.6. The SMILES string of the molecule is N#Cc1ccc(CN2CCC(NCC(O)c3ccccc3)CC2)cc1. The first-order valence-corrected chi connectivity index (χ1v) is 8.92. The van der Waals surface area contributed by atoms with Crippen LogP contribution in [-0.4, -0.2) is 35.7 Å². The average Bonchev–Trinajstić information content (AvgIpc) is 2.68. The van der Waals surface area contributed by atoms with Crippen LogP contribution in [0.5, 0.6) is 0 Å². The molecule has 0 radical (unpaired) electrons. The summed E-state index contributed by atoms with van der Waals surface area (Å²) in [6.07, 6.45) is 1.74. The molecule has 1 saturated heterocycles. The molecule has 1 fully saturated rings. The van der Waals surface area contributed by atoms with Crippen LogP contribution in [0.3, 0.4) is 0 Å². The third kappa shape index (κ3) is 5.14. The fourth-order valence-corrected chi connectivity index (χ4v) is 3.31. The highest BCUT2D eigenvalue weighted by Gasteiger charge is 2.19. The molecule has 2 N–H and O–H groups in total. The van der Waals surface area contributed by atoms with Gasteiger partial charge in [0.2, 0.25) is 0 Å². The van der Waals surface area contributed by atoms with Gasteiger partial charge in [-0.2, -0.15) is 5.26 Å². The minimum atomic E-state index is -0.446.